The molecule has 2 N–H and O–H groups in total. The lowest BCUT2D eigenvalue weighted by molar-refractivity contribution is -0.384. The van der Waals surface area contributed by atoms with Gasteiger partial charge in [-0.1, -0.05) is 25.5 Å². The standard InChI is InChI=1S/C23H23N3O6/c1-3-4-9-22(27)25-17-11-10-15(14-21(17)31-2)24-23(28)20-13-12-19(32-20)16-7-5-6-8-18(16)26(29)30/h5-8,10-14H,3-4,9H2,1-2H3,(H,24,28)(H,25,27). The van der Waals surface area contributed by atoms with Crippen LogP contribution in [0.1, 0.15) is 36.7 Å². The Morgan fingerprint density at radius 3 is 2.59 bits per heavy atom. The Morgan fingerprint density at radius 1 is 1.09 bits per heavy atom. The molecule has 2 amide bonds. The summed E-state index contributed by atoms with van der Waals surface area (Å²) in [6, 6.07) is 13.9. The summed E-state index contributed by atoms with van der Waals surface area (Å²) < 4.78 is 10.9. The molecule has 0 saturated heterocycles. The Bertz CT molecular complexity index is 1140. The van der Waals surface area contributed by atoms with Gasteiger partial charge in [0.15, 0.2) is 5.76 Å². The zero-order valence-corrected chi connectivity index (χ0v) is 17.7. The van der Waals surface area contributed by atoms with Crippen molar-refractivity contribution in [3.8, 4) is 17.1 Å². The maximum Gasteiger partial charge on any atom is 0.291 e. The fraction of sp³-hybridized carbons (Fsp3) is 0.217. The lowest BCUT2D eigenvalue weighted by atomic mass is 10.1. The fourth-order valence-electron chi connectivity index (χ4n) is 3.06. The van der Waals surface area contributed by atoms with Crippen LogP contribution in [0.3, 0.4) is 0 Å². The second-order valence-corrected chi connectivity index (χ2v) is 6.96. The van der Waals surface area contributed by atoms with Crippen molar-refractivity contribution in [2.24, 2.45) is 0 Å². The van der Waals surface area contributed by atoms with Crippen LogP contribution in [0, 0.1) is 10.1 Å². The first-order chi connectivity index (χ1) is 15.4. The molecule has 0 aliphatic heterocycles. The van der Waals surface area contributed by atoms with Gasteiger partial charge in [0.25, 0.3) is 11.6 Å². The number of benzene rings is 2. The van der Waals surface area contributed by atoms with Crippen molar-refractivity contribution in [3.63, 3.8) is 0 Å². The van der Waals surface area contributed by atoms with E-state index in [1.54, 1.807) is 36.4 Å². The second-order valence-electron chi connectivity index (χ2n) is 6.96. The highest BCUT2D eigenvalue weighted by molar-refractivity contribution is 6.03. The van der Waals surface area contributed by atoms with Crippen LogP contribution >= 0.6 is 0 Å². The van der Waals surface area contributed by atoms with Gasteiger partial charge in [-0.3, -0.25) is 19.7 Å². The molecule has 9 nitrogen and oxygen atoms in total. The van der Waals surface area contributed by atoms with Gasteiger partial charge in [-0.05, 0) is 36.8 Å². The van der Waals surface area contributed by atoms with E-state index in [2.05, 4.69) is 10.6 Å². The van der Waals surface area contributed by atoms with E-state index < -0.39 is 10.8 Å². The molecule has 0 spiro atoms. The van der Waals surface area contributed by atoms with Crippen molar-refractivity contribution in [2.75, 3.05) is 17.7 Å². The largest absolute Gasteiger partial charge is 0.494 e. The molecule has 2 aromatic carbocycles. The van der Waals surface area contributed by atoms with Crippen LogP contribution in [-0.2, 0) is 4.79 Å². The van der Waals surface area contributed by atoms with E-state index >= 15 is 0 Å². The van der Waals surface area contributed by atoms with Gasteiger partial charge in [0.1, 0.15) is 11.5 Å². The van der Waals surface area contributed by atoms with Crippen molar-refractivity contribution in [3.05, 3.63) is 70.5 Å². The van der Waals surface area contributed by atoms with Gasteiger partial charge in [0.2, 0.25) is 5.91 Å². The summed E-state index contributed by atoms with van der Waals surface area (Å²) in [6.45, 7) is 2.01. The average Bonchev–Trinajstić information content (AvgIpc) is 3.29. The lowest BCUT2D eigenvalue weighted by Crippen LogP contribution is -2.13. The molecule has 32 heavy (non-hydrogen) atoms. The number of para-hydroxylation sites is 1. The number of carbonyl (C=O) groups excluding carboxylic acids is 2. The van der Waals surface area contributed by atoms with Crippen LogP contribution in [-0.4, -0.2) is 23.8 Å². The number of nitrogens with one attached hydrogen (secondary N) is 2. The highest BCUT2D eigenvalue weighted by Gasteiger charge is 2.19. The van der Waals surface area contributed by atoms with Crippen LogP contribution in [0.5, 0.6) is 5.75 Å². The summed E-state index contributed by atoms with van der Waals surface area (Å²) in [5, 5.41) is 16.7. The van der Waals surface area contributed by atoms with Crippen molar-refractivity contribution >= 4 is 28.9 Å². The number of nitrogens with zero attached hydrogens (tertiary/aromatic N) is 1. The molecule has 3 rings (SSSR count). The lowest BCUT2D eigenvalue weighted by Gasteiger charge is -2.12. The fourth-order valence-corrected chi connectivity index (χ4v) is 3.06. The third-order valence-corrected chi connectivity index (χ3v) is 4.69. The number of carbonyl (C=O) groups is 2. The number of methoxy groups -OCH3 is 1. The van der Waals surface area contributed by atoms with E-state index in [1.807, 2.05) is 6.92 Å². The van der Waals surface area contributed by atoms with Gasteiger partial charge in [-0.25, -0.2) is 0 Å². The van der Waals surface area contributed by atoms with E-state index in [9.17, 15) is 19.7 Å². The third-order valence-electron chi connectivity index (χ3n) is 4.69. The Balaban J connectivity index is 1.74. The van der Waals surface area contributed by atoms with Crippen LogP contribution < -0.4 is 15.4 Å². The van der Waals surface area contributed by atoms with Gasteiger partial charge < -0.3 is 19.8 Å². The number of amides is 2. The van der Waals surface area contributed by atoms with Gasteiger partial charge in [0, 0.05) is 24.2 Å². The number of hydrogen-bond donors (Lipinski definition) is 2. The molecule has 0 fully saturated rings. The minimum Gasteiger partial charge on any atom is -0.494 e. The quantitative estimate of drug-likeness (QED) is 0.348. The highest BCUT2D eigenvalue weighted by atomic mass is 16.6. The Morgan fingerprint density at radius 2 is 1.88 bits per heavy atom. The van der Waals surface area contributed by atoms with Crippen LogP contribution in [0.4, 0.5) is 17.1 Å². The van der Waals surface area contributed by atoms with Gasteiger partial charge >= 0.3 is 0 Å². The number of rotatable bonds is 9. The Kier molecular flexibility index (Phi) is 7.22. The summed E-state index contributed by atoms with van der Waals surface area (Å²) in [6.07, 6.45) is 2.12. The first kappa shape index (κ1) is 22.5. The first-order valence-electron chi connectivity index (χ1n) is 10.1. The molecule has 0 radical (unpaired) electrons. The van der Waals surface area contributed by atoms with Gasteiger partial charge in [-0.15, -0.1) is 0 Å². The summed E-state index contributed by atoms with van der Waals surface area (Å²) in [5.74, 6) is -0.0383. The van der Waals surface area contributed by atoms with Crippen LogP contribution in [0.25, 0.3) is 11.3 Å². The topological polar surface area (TPSA) is 124 Å². The molecular formula is C23H23N3O6. The summed E-state index contributed by atoms with van der Waals surface area (Å²) in [7, 11) is 1.47. The van der Waals surface area contributed by atoms with Crippen molar-refractivity contribution in [2.45, 2.75) is 26.2 Å². The molecule has 9 heteroatoms. The molecule has 0 unspecified atom stereocenters. The molecular weight excluding hydrogens is 414 g/mol. The zero-order chi connectivity index (χ0) is 23.1. The summed E-state index contributed by atoms with van der Waals surface area (Å²) >= 11 is 0. The summed E-state index contributed by atoms with van der Waals surface area (Å²) in [4.78, 5) is 35.3. The molecule has 0 saturated carbocycles. The van der Waals surface area contributed by atoms with Crippen LogP contribution in [0.15, 0.2) is 59.0 Å². The number of furan rings is 1. The Labute approximate surface area is 184 Å². The number of unbranched alkanes of at least 4 members (excludes halogenated alkanes) is 1. The highest BCUT2D eigenvalue weighted by Crippen LogP contribution is 2.32. The molecule has 0 aliphatic carbocycles. The molecule has 1 heterocycles. The van der Waals surface area contributed by atoms with E-state index in [1.165, 1.54) is 25.3 Å². The molecule has 0 aliphatic rings. The van der Waals surface area contributed by atoms with Gasteiger partial charge in [0.05, 0.1) is 23.3 Å². The number of anilines is 2. The van der Waals surface area contributed by atoms with E-state index in [-0.39, 0.29) is 28.7 Å². The van der Waals surface area contributed by atoms with Crippen molar-refractivity contribution in [1.82, 2.24) is 0 Å². The number of nitro benzene ring substituents is 1. The number of hydrogen-bond acceptors (Lipinski definition) is 6. The zero-order valence-electron chi connectivity index (χ0n) is 17.7. The minimum atomic E-state index is -0.531. The minimum absolute atomic E-state index is 0.00550. The Hall–Kier alpha value is -4.14. The predicted octanol–water partition coefficient (Wildman–Crippen LogP) is 5.24. The predicted molar refractivity (Wildman–Crippen MR) is 120 cm³/mol. The average molecular weight is 437 g/mol. The molecule has 0 atom stereocenters. The first-order valence-corrected chi connectivity index (χ1v) is 10.1. The monoisotopic (exact) mass is 437 g/mol. The second kappa shape index (κ2) is 10.3. The van der Waals surface area contributed by atoms with Crippen LogP contribution in [0.2, 0.25) is 0 Å². The number of ether oxygens (including phenoxy) is 1. The van der Waals surface area contributed by atoms with Gasteiger partial charge in [-0.2, -0.15) is 0 Å². The molecule has 166 valence electrons. The number of nitro groups is 1. The smallest absolute Gasteiger partial charge is 0.291 e. The third kappa shape index (κ3) is 5.31. The van der Waals surface area contributed by atoms with E-state index in [0.29, 0.717) is 23.5 Å². The SMILES string of the molecule is CCCCC(=O)Nc1ccc(NC(=O)c2ccc(-c3ccccc3[N+](=O)[O-])o2)cc1OC. The maximum atomic E-state index is 12.6. The van der Waals surface area contributed by atoms with Crippen molar-refractivity contribution in [1.29, 1.82) is 0 Å². The van der Waals surface area contributed by atoms with E-state index in [4.69, 9.17) is 9.15 Å². The maximum absolute atomic E-state index is 12.6. The normalized spacial score (nSPS) is 10.4. The molecule has 3 aromatic rings. The molecule has 1 aromatic heterocycles. The molecule has 0 bridgehead atoms. The van der Waals surface area contributed by atoms with E-state index in [0.717, 1.165) is 12.8 Å². The summed E-state index contributed by atoms with van der Waals surface area (Å²) in [5.41, 5.74) is 1.10. The van der Waals surface area contributed by atoms with Crippen molar-refractivity contribution < 1.29 is 23.7 Å².